The van der Waals surface area contributed by atoms with Gasteiger partial charge in [-0.3, -0.25) is 14.4 Å². The fourth-order valence-electron chi connectivity index (χ4n) is 8.34. The molecule has 0 aliphatic rings. The van der Waals surface area contributed by atoms with Gasteiger partial charge in [0.25, 0.3) is 0 Å². The van der Waals surface area contributed by atoms with E-state index in [9.17, 15) is 14.4 Å². The Morgan fingerprint density at radius 3 is 0.803 bits per heavy atom. The largest absolute Gasteiger partial charge is 0.462 e. The van der Waals surface area contributed by atoms with Gasteiger partial charge in [-0.15, -0.1) is 0 Å². The van der Waals surface area contributed by atoms with Gasteiger partial charge in [-0.25, -0.2) is 0 Å². The van der Waals surface area contributed by atoms with Crippen LogP contribution < -0.4 is 0 Å². The normalized spacial score (nSPS) is 12.0. The molecular weight excluding hydrogens is 757 g/mol. The summed E-state index contributed by atoms with van der Waals surface area (Å²) in [6.07, 6.45) is 49.4. The lowest BCUT2D eigenvalue weighted by Crippen LogP contribution is -2.30. The van der Waals surface area contributed by atoms with Crippen molar-refractivity contribution >= 4 is 17.9 Å². The summed E-state index contributed by atoms with van der Waals surface area (Å²) in [6, 6.07) is 0. The summed E-state index contributed by atoms with van der Waals surface area (Å²) in [6.45, 7) is 11.4. The quantitative estimate of drug-likeness (QED) is 0.0344. The number of carbonyl (C=O) groups excluding carboxylic acids is 3. The summed E-state index contributed by atoms with van der Waals surface area (Å²) < 4.78 is 16.8. The number of hydrogen-bond acceptors (Lipinski definition) is 6. The lowest BCUT2D eigenvalue weighted by molar-refractivity contribution is -0.167. The van der Waals surface area contributed by atoms with Crippen molar-refractivity contribution in [3.8, 4) is 0 Å². The first kappa shape index (κ1) is 59.4. The highest BCUT2D eigenvalue weighted by molar-refractivity contribution is 5.71. The van der Waals surface area contributed by atoms with E-state index in [1.807, 2.05) is 0 Å². The third kappa shape index (κ3) is 49.3. The van der Waals surface area contributed by atoms with Crippen molar-refractivity contribution < 1.29 is 28.6 Å². The van der Waals surface area contributed by atoms with E-state index in [4.69, 9.17) is 14.2 Å². The van der Waals surface area contributed by atoms with Gasteiger partial charge in [-0.1, -0.05) is 266 Å². The molecule has 0 aromatic carbocycles. The molecule has 0 rings (SSSR count). The first-order valence-corrected chi connectivity index (χ1v) is 27.2. The highest BCUT2D eigenvalue weighted by Crippen LogP contribution is 2.18. The minimum Gasteiger partial charge on any atom is -0.462 e. The van der Waals surface area contributed by atoms with Gasteiger partial charge in [0, 0.05) is 19.3 Å². The molecule has 61 heavy (non-hydrogen) atoms. The van der Waals surface area contributed by atoms with Crippen LogP contribution in [0.1, 0.15) is 304 Å². The van der Waals surface area contributed by atoms with Crippen LogP contribution in [0.15, 0.2) is 0 Å². The SMILES string of the molecule is CCCCCCCCCCCCCC(=O)O[C@@H](COC(=O)CCCCCCCCCCCCCCCCC(C)C)COC(=O)CCCCCCCCCCCCCCC(C)C. The molecule has 0 aliphatic carbocycles. The number of carbonyl (C=O) groups is 3. The van der Waals surface area contributed by atoms with Crippen LogP contribution in [-0.2, 0) is 28.6 Å². The fraction of sp³-hybridized carbons (Fsp3) is 0.945. The van der Waals surface area contributed by atoms with Crippen molar-refractivity contribution in [3.63, 3.8) is 0 Å². The maximum Gasteiger partial charge on any atom is 0.306 e. The minimum atomic E-state index is -0.761. The first-order chi connectivity index (χ1) is 29.7. The number of rotatable bonds is 49. The molecule has 0 aromatic rings. The van der Waals surface area contributed by atoms with E-state index in [0.717, 1.165) is 69.6 Å². The molecule has 0 amide bonds. The molecule has 6 heteroatoms. The molecule has 0 unspecified atom stereocenters. The third-order valence-electron chi connectivity index (χ3n) is 12.5. The molecular formula is C55H106O6. The van der Waals surface area contributed by atoms with Gasteiger partial charge in [-0.05, 0) is 31.1 Å². The molecule has 6 nitrogen and oxygen atoms in total. The Hall–Kier alpha value is -1.59. The number of hydrogen-bond donors (Lipinski definition) is 0. The first-order valence-electron chi connectivity index (χ1n) is 27.2. The lowest BCUT2D eigenvalue weighted by atomic mass is 10.0. The molecule has 0 fully saturated rings. The van der Waals surface area contributed by atoms with Crippen molar-refractivity contribution in [2.45, 2.75) is 310 Å². The van der Waals surface area contributed by atoms with Crippen LogP contribution in [-0.4, -0.2) is 37.2 Å². The third-order valence-corrected chi connectivity index (χ3v) is 12.5. The Morgan fingerprint density at radius 1 is 0.311 bits per heavy atom. The van der Waals surface area contributed by atoms with Crippen molar-refractivity contribution in [2.75, 3.05) is 13.2 Å². The maximum absolute atomic E-state index is 12.8. The molecule has 0 spiro atoms. The highest BCUT2D eigenvalue weighted by atomic mass is 16.6. The maximum atomic E-state index is 12.8. The van der Waals surface area contributed by atoms with Gasteiger partial charge < -0.3 is 14.2 Å². The van der Waals surface area contributed by atoms with Gasteiger partial charge in [0.2, 0.25) is 0 Å². The van der Waals surface area contributed by atoms with E-state index in [1.54, 1.807) is 0 Å². The number of unbranched alkanes of at least 4 members (excludes halogenated alkanes) is 34. The van der Waals surface area contributed by atoms with E-state index >= 15 is 0 Å². The second-order valence-corrected chi connectivity index (χ2v) is 19.8. The summed E-state index contributed by atoms with van der Waals surface area (Å²) in [5, 5.41) is 0. The smallest absolute Gasteiger partial charge is 0.306 e. The summed E-state index contributed by atoms with van der Waals surface area (Å²) >= 11 is 0. The van der Waals surface area contributed by atoms with Crippen LogP contribution in [0.2, 0.25) is 0 Å². The fourth-order valence-corrected chi connectivity index (χ4v) is 8.34. The van der Waals surface area contributed by atoms with Crippen molar-refractivity contribution in [2.24, 2.45) is 11.8 Å². The molecule has 0 N–H and O–H groups in total. The zero-order valence-corrected chi connectivity index (χ0v) is 41.8. The Kier molecular flexibility index (Phi) is 46.6. The zero-order chi connectivity index (χ0) is 44.7. The van der Waals surface area contributed by atoms with E-state index < -0.39 is 6.10 Å². The van der Waals surface area contributed by atoms with Crippen molar-refractivity contribution in [1.29, 1.82) is 0 Å². The molecule has 0 saturated carbocycles. The monoisotopic (exact) mass is 863 g/mol. The standard InChI is InChI=1S/C55H106O6/c1-6-7-8-9-10-11-18-27-32-37-42-47-55(58)61-52(49-60-54(57)46-41-36-31-26-22-17-16-20-24-29-34-39-44-51(4)5)48-59-53(56)45-40-35-30-25-21-15-13-12-14-19-23-28-33-38-43-50(2)3/h50-52H,6-49H2,1-5H3/t52-/m0/s1. The highest BCUT2D eigenvalue weighted by Gasteiger charge is 2.19. The van der Waals surface area contributed by atoms with Gasteiger partial charge in [0.15, 0.2) is 6.10 Å². The Balaban J connectivity index is 4.27. The number of ether oxygens (including phenoxy) is 3. The summed E-state index contributed by atoms with van der Waals surface area (Å²) in [7, 11) is 0. The van der Waals surface area contributed by atoms with Gasteiger partial charge in [0.1, 0.15) is 13.2 Å². The molecule has 362 valence electrons. The van der Waals surface area contributed by atoms with E-state index in [2.05, 4.69) is 34.6 Å². The zero-order valence-electron chi connectivity index (χ0n) is 41.8. The topological polar surface area (TPSA) is 78.9 Å². The van der Waals surface area contributed by atoms with Crippen LogP contribution >= 0.6 is 0 Å². The Labute approximate surface area is 380 Å². The second kappa shape index (κ2) is 47.9. The van der Waals surface area contributed by atoms with Crippen LogP contribution in [0.4, 0.5) is 0 Å². The summed E-state index contributed by atoms with van der Waals surface area (Å²) in [5.74, 6) is 0.834. The molecule has 1 atom stereocenters. The average molecular weight is 863 g/mol. The van der Waals surface area contributed by atoms with Crippen molar-refractivity contribution in [3.05, 3.63) is 0 Å². The molecule has 0 radical (unpaired) electrons. The van der Waals surface area contributed by atoms with Gasteiger partial charge in [0.05, 0.1) is 0 Å². The van der Waals surface area contributed by atoms with Crippen LogP contribution in [0, 0.1) is 11.8 Å². The number of esters is 3. The Morgan fingerprint density at radius 2 is 0.541 bits per heavy atom. The average Bonchev–Trinajstić information content (AvgIpc) is 3.23. The molecule has 0 aliphatic heterocycles. The van der Waals surface area contributed by atoms with Crippen LogP contribution in [0.25, 0.3) is 0 Å². The second-order valence-electron chi connectivity index (χ2n) is 19.8. The van der Waals surface area contributed by atoms with Crippen LogP contribution in [0.5, 0.6) is 0 Å². The van der Waals surface area contributed by atoms with E-state index in [0.29, 0.717) is 19.3 Å². The predicted octanol–water partition coefficient (Wildman–Crippen LogP) is 17.7. The van der Waals surface area contributed by atoms with Crippen LogP contribution in [0.3, 0.4) is 0 Å². The molecule has 0 aromatic heterocycles. The van der Waals surface area contributed by atoms with Gasteiger partial charge in [-0.2, -0.15) is 0 Å². The van der Waals surface area contributed by atoms with E-state index in [1.165, 1.54) is 193 Å². The molecule has 0 bridgehead atoms. The predicted molar refractivity (Wildman–Crippen MR) is 261 cm³/mol. The summed E-state index contributed by atoms with van der Waals surface area (Å²) in [5.41, 5.74) is 0. The molecule has 0 saturated heterocycles. The van der Waals surface area contributed by atoms with Gasteiger partial charge >= 0.3 is 17.9 Å². The van der Waals surface area contributed by atoms with Crippen molar-refractivity contribution in [1.82, 2.24) is 0 Å². The minimum absolute atomic E-state index is 0.0631. The summed E-state index contributed by atoms with van der Waals surface area (Å²) in [4.78, 5) is 38.0. The van der Waals surface area contributed by atoms with E-state index in [-0.39, 0.29) is 31.1 Å². The Bertz CT molecular complexity index is 931. The molecule has 0 heterocycles. The lowest BCUT2D eigenvalue weighted by Gasteiger charge is -2.18.